The number of guanidine groups is 1. The van der Waals surface area contributed by atoms with E-state index in [1.54, 1.807) is 27.8 Å². The molecule has 0 atom stereocenters. The van der Waals surface area contributed by atoms with E-state index in [1.165, 1.54) is 0 Å². The summed E-state index contributed by atoms with van der Waals surface area (Å²) in [7, 11) is -1.49. The van der Waals surface area contributed by atoms with Crippen molar-refractivity contribution in [1.29, 1.82) is 0 Å². The summed E-state index contributed by atoms with van der Waals surface area (Å²) in [6.45, 7) is 11.2. The summed E-state index contributed by atoms with van der Waals surface area (Å²) in [4.78, 5) is 4.14. The van der Waals surface area contributed by atoms with Gasteiger partial charge in [0.15, 0.2) is 27.3 Å². The molecule has 7 nitrogen and oxygen atoms in total. The molecule has 160 valence electrons. The predicted molar refractivity (Wildman–Crippen MR) is 115 cm³/mol. The predicted octanol–water partition coefficient (Wildman–Crippen LogP) is 2.40. The van der Waals surface area contributed by atoms with Crippen molar-refractivity contribution in [3.63, 3.8) is 0 Å². The van der Waals surface area contributed by atoms with Gasteiger partial charge in [0.1, 0.15) is 0 Å². The fraction of sp³-hybridized carbons (Fsp3) is 0.650. The van der Waals surface area contributed by atoms with Crippen LogP contribution in [0.15, 0.2) is 23.2 Å². The molecule has 1 aromatic carbocycles. The van der Waals surface area contributed by atoms with Crippen LogP contribution in [0.2, 0.25) is 0 Å². The van der Waals surface area contributed by atoms with Crippen molar-refractivity contribution in [1.82, 2.24) is 10.6 Å². The van der Waals surface area contributed by atoms with Crippen LogP contribution in [0.3, 0.4) is 0 Å². The van der Waals surface area contributed by atoms with E-state index in [0.717, 1.165) is 23.5 Å². The molecule has 0 bridgehead atoms. The van der Waals surface area contributed by atoms with E-state index in [4.69, 9.17) is 9.47 Å². The lowest BCUT2D eigenvalue weighted by atomic mass is 10.1. The zero-order chi connectivity index (χ0) is 21.2. The van der Waals surface area contributed by atoms with Gasteiger partial charge in [-0.25, -0.2) is 8.42 Å². The molecule has 28 heavy (non-hydrogen) atoms. The first-order valence-electron chi connectivity index (χ1n) is 9.70. The van der Waals surface area contributed by atoms with Gasteiger partial charge < -0.3 is 20.1 Å². The molecular formula is C20H35N3O4S. The Labute approximate surface area is 169 Å². The molecule has 0 aliphatic rings. The van der Waals surface area contributed by atoms with Crippen molar-refractivity contribution in [3.8, 4) is 11.5 Å². The Morgan fingerprint density at radius 3 is 2.21 bits per heavy atom. The second-order valence-electron chi connectivity index (χ2n) is 7.25. The molecule has 0 fully saturated rings. The Hall–Kier alpha value is -1.96. The SMILES string of the molecule is CCOc1ccc(CCNC(=NC)NCCS(=O)(=O)C(C)(C)C)cc1OCC. The Balaban J connectivity index is 2.54. The van der Waals surface area contributed by atoms with Crippen LogP contribution in [0, 0.1) is 0 Å². The zero-order valence-corrected chi connectivity index (χ0v) is 18.8. The van der Waals surface area contributed by atoms with Gasteiger partial charge in [0, 0.05) is 20.1 Å². The fourth-order valence-corrected chi connectivity index (χ4v) is 3.39. The van der Waals surface area contributed by atoms with Gasteiger partial charge in [0.25, 0.3) is 0 Å². The van der Waals surface area contributed by atoms with Crippen LogP contribution in [0.5, 0.6) is 11.5 Å². The highest BCUT2D eigenvalue weighted by atomic mass is 32.2. The number of aliphatic imine (C=N–C) groups is 1. The molecule has 1 aromatic rings. The summed E-state index contributed by atoms with van der Waals surface area (Å²) in [5, 5.41) is 6.26. The van der Waals surface area contributed by atoms with Gasteiger partial charge in [-0.3, -0.25) is 4.99 Å². The Kier molecular flexibility index (Phi) is 9.58. The molecule has 0 heterocycles. The fourth-order valence-electron chi connectivity index (χ4n) is 2.41. The van der Waals surface area contributed by atoms with Crippen LogP contribution in [-0.2, 0) is 16.3 Å². The zero-order valence-electron chi connectivity index (χ0n) is 18.0. The summed E-state index contributed by atoms with van der Waals surface area (Å²) < 4.78 is 34.8. The topological polar surface area (TPSA) is 89.0 Å². The lowest BCUT2D eigenvalue weighted by Crippen LogP contribution is -2.42. The van der Waals surface area contributed by atoms with Gasteiger partial charge in [0.2, 0.25) is 0 Å². The van der Waals surface area contributed by atoms with E-state index in [2.05, 4.69) is 15.6 Å². The van der Waals surface area contributed by atoms with Gasteiger partial charge in [-0.15, -0.1) is 0 Å². The number of nitrogens with zero attached hydrogens (tertiary/aromatic N) is 1. The first-order valence-corrected chi connectivity index (χ1v) is 11.3. The lowest BCUT2D eigenvalue weighted by molar-refractivity contribution is 0.287. The lowest BCUT2D eigenvalue weighted by Gasteiger charge is -2.20. The highest BCUT2D eigenvalue weighted by molar-refractivity contribution is 7.92. The highest BCUT2D eigenvalue weighted by Crippen LogP contribution is 2.28. The Morgan fingerprint density at radius 2 is 1.64 bits per heavy atom. The molecule has 0 saturated heterocycles. The van der Waals surface area contributed by atoms with Gasteiger partial charge in [-0.05, 0) is 58.7 Å². The third kappa shape index (κ3) is 7.58. The number of ether oxygens (including phenoxy) is 2. The standard InChI is InChI=1S/C20H35N3O4S/c1-7-26-17-10-9-16(15-18(17)27-8-2)11-12-22-19(21-6)23-13-14-28(24,25)20(3,4)5/h9-10,15H,7-8,11-14H2,1-6H3,(H2,21,22,23). The van der Waals surface area contributed by atoms with Crippen LogP contribution < -0.4 is 20.1 Å². The molecule has 2 N–H and O–H groups in total. The van der Waals surface area contributed by atoms with Gasteiger partial charge in [-0.2, -0.15) is 0 Å². The summed E-state index contributed by atoms with van der Waals surface area (Å²) >= 11 is 0. The Bertz CT molecular complexity index is 740. The molecule has 0 unspecified atom stereocenters. The molecule has 0 aliphatic carbocycles. The summed E-state index contributed by atoms with van der Waals surface area (Å²) in [6.07, 6.45) is 0.771. The maximum absolute atomic E-state index is 12.2. The number of hydrogen-bond acceptors (Lipinski definition) is 5. The van der Waals surface area contributed by atoms with Gasteiger partial charge in [0.05, 0.1) is 23.7 Å². The third-order valence-corrected chi connectivity index (χ3v) is 6.74. The van der Waals surface area contributed by atoms with E-state index < -0.39 is 14.6 Å². The molecule has 1 rings (SSSR count). The quantitative estimate of drug-likeness (QED) is 0.452. The highest BCUT2D eigenvalue weighted by Gasteiger charge is 2.28. The van der Waals surface area contributed by atoms with Crippen LogP contribution in [0.4, 0.5) is 0 Å². The average Bonchev–Trinajstić information content (AvgIpc) is 2.61. The maximum Gasteiger partial charge on any atom is 0.191 e. The van der Waals surface area contributed by atoms with Crippen LogP contribution in [-0.4, -0.2) is 58.2 Å². The number of hydrogen-bond donors (Lipinski definition) is 2. The van der Waals surface area contributed by atoms with E-state index in [1.807, 2.05) is 32.0 Å². The summed E-state index contributed by atoms with van der Waals surface area (Å²) in [6, 6.07) is 5.93. The van der Waals surface area contributed by atoms with Crippen molar-refractivity contribution < 1.29 is 17.9 Å². The molecule has 0 spiro atoms. The van der Waals surface area contributed by atoms with Gasteiger partial charge >= 0.3 is 0 Å². The molecule has 0 amide bonds. The largest absolute Gasteiger partial charge is 0.490 e. The van der Waals surface area contributed by atoms with Crippen LogP contribution in [0.25, 0.3) is 0 Å². The van der Waals surface area contributed by atoms with E-state index in [0.29, 0.717) is 32.3 Å². The number of rotatable bonds is 10. The number of nitrogens with one attached hydrogen (secondary N) is 2. The minimum atomic E-state index is -3.16. The second-order valence-corrected chi connectivity index (χ2v) is 10.1. The first-order chi connectivity index (χ1) is 13.1. The normalized spacial score (nSPS) is 12.6. The summed E-state index contributed by atoms with van der Waals surface area (Å²) in [5.41, 5.74) is 1.12. The number of sulfone groups is 1. The maximum atomic E-state index is 12.2. The van der Waals surface area contributed by atoms with Crippen molar-refractivity contribution in [2.45, 2.75) is 45.8 Å². The van der Waals surface area contributed by atoms with Crippen LogP contribution in [0.1, 0.15) is 40.2 Å². The minimum absolute atomic E-state index is 0.0633. The van der Waals surface area contributed by atoms with E-state index in [-0.39, 0.29) is 5.75 Å². The Morgan fingerprint density at radius 1 is 1.04 bits per heavy atom. The smallest absolute Gasteiger partial charge is 0.191 e. The molecule has 0 aliphatic heterocycles. The minimum Gasteiger partial charge on any atom is -0.490 e. The van der Waals surface area contributed by atoms with E-state index >= 15 is 0 Å². The van der Waals surface area contributed by atoms with Crippen LogP contribution >= 0.6 is 0 Å². The molecule has 0 aromatic heterocycles. The third-order valence-electron chi connectivity index (χ3n) is 4.13. The van der Waals surface area contributed by atoms with Crippen molar-refractivity contribution in [3.05, 3.63) is 23.8 Å². The molecule has 0 saturated carbocycles. The monoisotopic (exact) mass is 413 g/mol. The molecular weight excluding hydrogens is 378 g/mol. The van der Waals surface area contributed by atoms with Crippen molar-refractivity contribution in [2.24, 2.45) is 4.99 Å². The second kappa shape index (κ2) is 11.1. The van der Waals surface area contributed by atoms with Gasteiger partial charge in [-0.1, -0.05) is 6.07 Å². The van der Waals surface area contributed by atoms with Crippen molar-refractivity contribution in [2.75, 3.05) is 39.1 Å². The van der Waals surface area contributed by atoms with Crippen molar-refractivity contribution >= 4 is 15.8 Å². The number of benzene rings is 1. The molecule has 0 radical (unpaired) electrons. The average molecular weight is 414 g/mol. The summed E-state index contributed by atoms with van der Waals surface area (Å²) in [5.74, 6) is 2.14. The van der Waals surface area contributed by atoms with E-state index in [9.17, 15) is 8.42 Å². The first kappa shape index (κ1) is 24.1. The molecule has 8 heteroatoms.